The number of carbonyl (C=O) groups excluding carboxylic acids is 3. The van der Waals surface area contributed by atoms with Gasteiger partial charge < -0.3 is 15.1 Å². The Kier molecular flexibility index (Phi) is 8.61. The molecule has 1 aromatic heterocycles. The number of piperidine rings is 3. The van der Waals surface area contributed by atoms with E-state index in [1.54, 1.807) is 4.90 Å². The summed E-state index contributed by atoms with van der Waals surface area (Å²) in [5.41, 5.74) is 5.12. The van der Waals surface area contributed by atoms with E-state index in [0.29, 0.717) is 48.4 Å². The minimum atomic E-state index is -1.05. The lowest BCUT2D eigenvalue weighted by Gasteiger charge is -2.36. The minimum Gasteiger partial charge on any atom is -0.368 e. The number of amides is 3. The van der Waals surface area contributed by atoms with E-state index in [1.807, 2.05) is 6.07 Å². The third-order valence-electron chi connectivity index (χ3n) is 9.79. The molecule has 3 fully saturated rings. The first-order chi connectivity index (χ1) is 22.3. The van der Waals surface area contributed by atoms with E-state index in [9.17, 15) is 14.4 Å². The largest absolute Gasteiger partial charge is 0.368 e. The van der Waals surface area contributed by atoms with Crippen LogP contribution in [-0.2, 0) is 22.7 Å². The number of carbonyl (C=O) groups is 3. The Bertz CT molecular complexity index is 1610. The van der Waals surface area contributed by atoms with Crippen LogP contribution in [0.3, 0.4) is 0 Å². The van der Waals surface area contributed by atoms with Gasteiger partial charge in [0.15, 0.2) is 0 Å². The van der Waals surface area contributed by atoms with Crippen LogP contribution >= 0.6 is 11.6 Å². The number of hydrogen-bond acceptors (Lipinski definition) is 8. The average Bonchev–Trinajstić information content (AvgIpc) is 3.39. The molecule has 0 radical (unpaired) electrons. The molecule has 4 aliphatic heterocycles. The van der Waals surface area contributed by atoms with Gasteiger partial charge in [-0.2, -0.15) is 0 Å². The lowest BCUT2D eigenvalue weighted by atomic mass is 9.87. The number of nitrogens with one attached hydrogen (secondary N) is 2. The normalized spacial score (nSPS) is 24.2. The molecule has 0 aliphatic carbocycles. The highest BCUT2D eigenvalue weighted by molar-refractivity contribution is 6.30. The molecule has 10 nitrogen and oxygen atoms in total. The Hall–Kier alpha value is -4.09. The van der Waals surface area contributed by atoms with Crippen molar-refractivity contribution in [2.45, 2.75) is 69.4 Å². The van der Waals surface area contributed by atoms with Crippen molar-refractivity contribution >= 4 is 41.0 Å². The zero-order valence-corrected chi connectivity index (χ0v) is 26.3. The summed E-state index contributed by atoms with van der Waals surface area (Å²) < 4.78 is 15.1. The molecule has 4 aliphatic rings. The second-order valence-corrected chi connectivity index (χ2v) is 13.2. The van der Waals surface area contributed by atoms with Crippen LogP contribution in [0.5, 0.6) is 0 Å². The van der Waals surface area contributed by atoms with E-state index in [0.717, 1.165) is 50.3 Å². The fourth-order valence-electron chi connectivity index (χ4n) is 7.20. The summed E-state index contributed by atoms with van der Waals surface area (Å²) in [7, 11) is 0. The van der Waals surface area contributed by atoms with Gasteiger partial charge in [-0.1, -0.05) is 35.9 Å². The van der Waals surface area contributed by atoms with Gasteiger partial charge in [0.05, 0.1) is 30.0 Å². The maximum atomic E-state index is 15.1. The van der Waals surface area contributed by atoms with Crippen LogP contribution in [0.2, 0.25) is 5.02 Å². The highest BCUT2D eigenvalue weighted by Gasteiger charge is 2.39. The number of hydrogen-bond donors (Lipinski definition) is 2. The van der Waals surface area contributed by atoms with Gasteiger partial charge in [-0.05, 0) is 79.6 Å². The van der Waals surface area contributed by atoms with Crippen molar-refractivity contribution in [2.24, 2.45) is 0 Å². The van der Waals surface area contributed by atoms with Gasteiger partial charge in [0.25, 0.3) is 5.91 Å². The molecule has 0 bridgehead atoms. The average molecular weight is 646 g/mol. The monoisotopic (exact) mass is 645 g/mol. The fourth-order valence-corrected chi connectivity index (χ4v) is 7.30. The summed E-state index contributed by atoms with van der Waals surface area (Å²) >= 11 is 5.85. The van der Waals surface area contributed by atoms with Gasteiger partial charge in [-0.3, -0.25) is 24.6 Å². The predicted octanol–water partition coefficient (Wildman–Crippen LogP) is 4.30. The van der Waals surface area contributed by atoms with Crippen molar-refractivity contribution in [1.82, 2.24) is 25.1 Å². The molecule has 3 aromatic rings. The molecule has 240 valence electrons. The van der Waals surface area contributed by atoms with E-state index in [4.69, 9.17) is 11.6 Å². The van der Waals surface area contributed by atoms with E-state index in [-0.39, 0.29) is 30.2 Å². The zero-order valence-electron chi connectivity index (χ0n) is 25.5. The summed E-state index contributed by atoms with van der Waals surface area (Å²) in [6.07, 6.45) is 5.28. The molecule has 0 spiro atoms. The molecule has 3 atom stereocenters. The molecule has 3 amide bonds. The number of likely N-dealkylation sites (tertiary alicyclic amines) is 1. The third kappa shape index (κ3) is 6.43. The van der Waals surface area contributed by atoms with Gasteiger partial charge in [0.1, 0.15) is 12.2 Å². The van der Waals surface area contributed by atoms with E-state index < -0.39 is 12.2 Å². The number of benzene rings is 2. The lowest BCUT2D eigenvalue weighted by Crippen LogP contribution is -2.52. The van der Waals surface area contributed by atoms with Crippen LogP contribution in [0.15, 0.2) is 54.9 Å². The number of rotatable bonds is 7. The van der Waals surface area contributed by atoms with Crippen molar-refractivity contribution in [3.63, 3.8) is 0 Å². The van der Waals surface area contributed by atoms with Gasteiger partial charge >= 0.3 is 0 Å². The summed E-state index contributed by atoms with van der Waals surface area (Å²) in [5.74, 6) is 0.0147. The number of aromatic nitrogens is 2. The summed E-state index contributed by atoms with van der Waals surface area (Å²) in [6.45, 7) is 4.28. The van der Waals surface area contributed by atoms with Gasteiger partial charge in [0.2, 0.25) is 17.8 Å². The van der Waals surface area contributed by atoms with Crippen LogP contribution < -0.4 is 15.5 Å². The molecule has 1 unspecified atom stereocenters. The van der Waals surface area contributed by atoms with Gasteiger partial charge in [-0.25, -0.2) is 14.4 Å². The zero-order chi connectivity index (χ0) is 31.8. The van der Waals surface area contributed by atoms with Gasteiger partial charge in [-0.15, -0.1) is 0 Å². The number of nitrogens with zero attached hydrogens (tertiary/aromatic N) is 5. The minimum absolute atomic E-state index is 0.132. The first-order valence-corrected chi connectivity index (χ1v) is 16.4. The predicted molar refractivity (Wildman–Crippen MR) is 172 cm³/mol. The number of anilines is 2. The number of imide groups is 1. The van der Waals surface area contributed by atoms with Crippen LogP contribution in [0, 0.1) is 0 Å². The molecule has 2 N–H and O–H groups in total. The second-order valence-electron chi connectivity index (χ2n) is 12.8. The van der Waals surface area contributed by atoms with E-state index >= 15 is 4.39 Å². The number of alkyl halides is 1. The van der Waals surface area contributed by atoms with Crippen molar-refractivity contribution in [1.29, 1.82) is 0 Å². The first-order valence-electron chi connectivity index (χ1n) is 16.0. The van der Waals surface area contributed by atoms with Crippen LogP contribution in [0.25, 0.3) is 0 Å². The summed E-state index contributed by atoms with van der Waals surface area (Å²) in [5, 5.41) is 5.91. The Morgan fingerprint density at radius 2 is 1.72 bits per heavy atom. The van der Waals surface area contributed by atoms with Crippen molar-refractivity contribution in [2.75, 3.05) is 36.4 Å². The molecule has 5 heterocycles. The SMILES string of the molecule is O=C1CCC(N2Cc3cc(C4CCN(Cc5ccc(N6CC[C@@H](Nc7ncc(Cl)cn7)[C@@H](F)C6)cc5)CC4)ccc3C2=O)C(=O)N1. The van der Waals surface area contributed by atoms with Crippen LogP contribution in [-0.4, -0.2) is 81.9 Å². The Morgan fingerprint density at radius 3 is 2.43 bits per heavy atom. The summed E-state index contributed by atoms with van der Waals surface area (Å²) in [4.78, 5) is 51.4. The fraction of sp³-hybridized carbons (Fsp3) is 0.441. The second kappa shape index (κ2) is 13.0. The Morgan fingerprint density at radius 1 is 0.957 bits per heavy atom. The third-order valence-corrected chi connectivity index (χ3v) is 9.99. The molecule has 12 heteroatoms. The topological polar surface area (TPSA) is 111 Å². The standard InChI is InChI=1S/C34H37ClFN7O3/c35-25-16-37-34(38-17-25)39-29-11-14-42(20-28(29)36)26-4-1-21(2-5-26)18-41-12-9-22(10-13-41)23-3-6-27-24(15-23)19-43(33(27)46)30-7-8-31(44)40-32(30)45/h1-6,15-17,22,28-30H,7-14,18-20H2,(H,37,38,39)(H,40,44,45)/t28-,29+,30?/m0/s1. The maximum Gasteiger partial charge on any atom is 0.255 e. The maximum absolute atomic E-state index is 15.1. The van der Waals surface area contributed by atoms with Crippen LogP contribution in [0.4, 0.5) is 16.0 Å². The van der Waals surface area contributed by atoms with Crippen LogP contribution in [0.1, 0.15) is 65.1 Å². The molecule has 46 heavy (non-hydrogen) atoms. The quantitative estimate of drug-likeness (QED) is 0.366. The van der Waals surface area contributed by atoms with Gasteiger partial charge in [0, 0.05) is 37.3 Å². The van der Waals surface area contributed by atoms with Crippen molar-refractivity contribution in [3.8, 4) is 0 Å². The molecule has 7 rings (SSSR count). The van der Waals surface area contributed by atoms with E-state index in [2.05, 4.69) is 66.8 Å². The summed E-state index contributed by atoms with van der Waals surface area (Å²) in [6, 6.07) is 13.7. The molecular weight excluding hydrogens is 609 g/mol. The van der Waals surface area contributed by atoms with Crippen molar-refractivity contribution < 1.29 is 18.8 Å². The van der Waals surface area contributed by atoms with E-state index in [1.165, 1.54) is 23.5 Å². The number of halogens is 2. The highest BCUT2D eigenvalue weighted by atomic mass is 35.5. The van der Waals surface area contributed by atoms with Crippen molar-refractivity contribution in [3.05, 3.63) is 82.1 Å². The molecule has 3 saturated heterocycles. The molecule has 0 saturated carbocycles. The first kappa shape index (κ1) is 30.6. The smallest absolute Gasteiger partial charge is 0.255 e. The lowest BCUT2D eigenvalue weighted by molar-refractivity contribution is -0.136. The Balaban J connectivity index is 0.892. The Labute approximate surface area is 272 Å². The molecular formula is C34H37ClFN7O3. The molecule has 2 aromatic carbocycles. The number of fused-ring (bicyclic) bond motifs is 1. The highest BCUT2D eigenvalue weighted by Crippen LogP contribution is 2.34.